The predicted octanol–water partition coefficient (Wildman–Crippen LogP) is 2.46. The van der Waals surface area contributed by atoms with Crippen molar-refractivity contribution in [1.82, 2.24) is 0 Å². The molecular weight excluding hydrogens is 299 g/mol. The van der Waals surface area contributed by atoms with Crippen LogP contribution in [0.2, 0.25) is 0 Å². The van der Waals surface area contributed by atoms with Crippen molar-refractivity contribution in [2.24, 2.45) is 0 Å². The quantitative estimate of drug-likeness (QED) is 0.482. The zero-order valence-corrected chi connectivity index (χ0v) is 11.5. The van der Waals surface area contributed by atoms with E-state index in [1.54, 1.807) is 12.1 Å². The maximum absolute atomic E-state index is 12.0. The molecule has 0 saturated heterocycles. The van der Waals surface area contributed by atoms with Crippen LogP contribution in [0, 0.1) is 0 Å². The first-order valence-corrected chi connectivity index (χ1v) is 7.50. The van der Waals surface area contributed by atoms with E-state index >= 15 is 0 Å². The number of benzene rings is 2. The van der Waals surface area contributed by atoms with Gasteiger partial charge in [0.2, 0.25) is 0 Å². The van der Waals surface area contributed by atoms with Gasteiger partial charge in [0.25, 0.3) is 0 Å². The van der Waals surface area contributed by atoms with Gasteiger partial charge in [0, 0.05) is 0 Å². The van der Waals surface area contributed by atoms with Crippen LogP contribution in [0.1, 0.15) is 10.4 Å². The number of ketones is 1. The Labute approximate surface area is 112 Å². The van der Waals surface area contributed by atoms with Crippen molar-refractivity contribution in [1.29, 1.82) is 0 Å². The molecule has 2 aromatic carbocycles. The Morgan fingerprint density at radius 1 is 0.941 bits per heavy atom. The van der Waals surface area contributed by atoms with E-state index in [0.29, 0.717) is 5.56 Å². The minimum atomic E-state index is -0.438. The summed E-state index contributed by atoms with van der Waals surface area (Å²) in [5.41, 5.74) is 0.685. The Hall–Kier alpha value is -1.08. The second-order valence-corrected chi connectivity index (χ2v) is 6.97. The molecule has 2 aromatic rings. The zero-order valence-electron chi connectivity index (χ0n) is 9.05. The third kappa shape index (κ3) is 3.44. The van der Waals surface area contributed by atoms with Crippen LogP contribution in [0.4, 0.5) is 0 Å². The van der Waals surface area contributed by atoms with Crippen LogP contribution < -0.4 is 4.46 Å². The SMILES string of the molecule is O=C(c1ccccc1)C(Cl)[Se]c1ccccc1. The Morgan fingerprint density at radius 2 is 1.47 bits per heavy atom. The monoisotopic (exact) mass is 310 g/mol. The van der Waals surface area contributed by atoms with Gasteiger partial charge in [0.15, 0.2) is 0 Å². The van der Waals surface area contributed by atoms with E-state index in [4.69, 9.17) is 11.6 Å². The number of Topliss-reactive ketones (excluding diaryl/α,β-unsaturated/α-hetero) is 1. The number of alkyl halides is 1. The minimum absolute atomic E-state index is 0.0103. The van der Waals surface area contributed by atoms with Gasteiger partial charge >= 0.3 is 112 Å². The molecule has 0 N–H and O–H groups in total. The molecule has 17 heavy (non-hydrogen) atoms. The summed E-state index contributed by atoms with van der Waals surface area (Å²) in [4.78, 5) is 12.0. The van der Waals surface area contributed by atoms with Gasteiger partial charge in [-0.15, -0.1) is 0 Å². The molecule has 1 unspecified atom stereocenters. The number of hydrogen-bond donors (Lipinski definition) is 0. The fraction of sp³-hybridized carbons (Fsp3) is 0.0714. The molecule has 0 fully saturated rings. The second kappa shape index (κ2) is 6.02. The molecule has 1 atom stereocenters. The molecule has 0 saturated carbocycles. The van der Waals surface area contributed by atoms with Crippen molar-refractivity contribution < 1.29 is 4.79 Å². The first-order valence-electron chi connectivity index (χ1n) is 5.22. The van der Waals surface area contributed by atoms with E-state index < -0.39 is 4.28 Å². The van der Waals surface area contributed by atoms with Gasteiger partial charge in [-0.1, -0.05) is 0 Å². The number of hydrogen-bond acceptors (Lipinski definition) is 1. The van der Waals surface area contributed by atoms with E-state index in [0.717, 1.165) is 4.46 Å². The maximum atomic E-state index is 12.0. The van der Waals surface area contributed by atoms with E-state index in [9.17, 15) is 4.79 Å². The Bertz CT molecular complexity index is 484. The van der Waals surface area contributed by atoms with Crippen LogP contribution in [0.5, 0.6) is 0 Å². The van der Waals surface area contributed by atoms with Gasteiger partial charge in [-0.05, 0) is 0 Å². The number of halogens is 1. The Morgan fingerprint density at radius 3 is 2.06 bits per heavy atom. The molecule has 0 radical (unpaired) electrons. The summed E-state index contributed by atoms with van der Waals surface area (Å²) in [5.74, 6) is 0.0103. The average Bonchev–Trinajstić information content (AvgIpc) is 2.40. The van der Waals surface area contributed by atoms with E-state index in [1.807, 2.05) is 48.5 Å². The molecule has 0 aromatic heterocycles. The van der Waals surface area contributed by atoms with Crippen LogP contribution in [0.3, 0.4) is 0 Å². The van der Waals surface area contributed by atoms with Crippen LogP contribution in [0.25, 0.3) is 0 Å². The molecule has 0 amide bonds. The van der Waals surface area contributed by atoms with Crippen molar-refractivity contribution in [3.05, 3.63) is 66.2 Å². The molecule has 0 aliphatic carbocycles. The van der Waals surface area contributed by atoms with Gasteiger partial charge in [0.1, 0.15) is 0 Å². The van der Waals surface area contributed by atoms with Crippen molar-refractivity contribution in [3.63, 3.8) is 0 Å². The van der Waals surface area contributed by atoms with Crippen molar-refractivity contribution >= 4 is 36.8 Å². The van der Waals surface area contributed by atoms with Crippen molar-refractivity contribution in [2.75, 3.05) is 0 Å². The fourth-order valence-electron chi connectivity index (χ4n) is 1.41. The number of carbonyl (C=O) groups is 1. The molecule has 0 aliphatic rings. The van der Waals surface area contributed by atoms with Gasteiger partial charge in [0.05, 0.1) is 0 Å². The van der Waals surface area contributed by atoms with Crippen LogP contribution in [-0.4, -0.2) is 25.0 Å². The number of carbonyl (C=O) groups excluding carboxylic acids is 1. The summed E-state index contributed by atoms with van der Waals surface area (Å²) in [7, 11) is 0. The zero-order chi connectivity index (χ0) is 12.1. The molecule has 0 spiro atoms. The van der Waals surface area contributed by atoms with Crippen LogP contribution in [0.15, 0.2) is 60.7 Å². The van der Waals surface area contributed by atoms with E-state index in [1.165, 1.54) is 0 Å². The Balaban J connectivity index is 2.06. The third-order valence-corrected chi connectivity index (χ3v) is 4.93. The Kier molecular flexibility index (Phi) is 4.38. The molecule has 0 aliphatic heterocycles. The van der Waals surface area contributed by atoms with Crippen LogP contribution in [-0.2, 0) is 0 Å². The molecular formula is C14H11ClOSe. The van der Waals surface area contributed by atoms with Crippen molar-refractivity contribution in [3.8, 4) is 0 Å². The molecule has 1 nitrogen and oxygen atoms in total. The summed E-state index contributed by atoms with van der Waals surface area (Å²) in [6.07, 6.45) is 0. The number of rotatable bonds is 4. The first kappa shape index (κ1) is 12.4. The molecule has 0 heterocycles. The summed E-state index contributed by atoms with van der Waals surface area (Å²) < 4.78 is 0.705. The second-order valence-electron chi connectivity index (χ2n) is 3.48. The predicted molar refractivity (Wildman–Crippen MR) is 72.2 cm³/mol. The van der Waals surface area contributed by atoms with E-state index in [2.05, 4.69) is 0 Å². The van der Waals surface area contributed by atoms with Gasteiger partial charge < -0.3 is 0 Å². The average molecular weight is 310 g/mol. The standard InChI is InChI=1S/C14H11ClOSe/c15-14(17-12-9-5-2-6-10-12)13(16)11-7-3-1-4-8-11/h1-10,14H. The summed E-state index contributed by atoms with van der Waals surface area (Å²) in [6, 6.07) is 19.1. The van der Waals surface area contributed by atoms with Crippen LogP contribution >= 0.6 is 11.6 Å². The summed E-state index contributed by atoms with van der Waals surface area (Å²) in [6.45, 7) is 0. The topological polar surface area (TPSA) is 17.1 Å². The normalized spacial score (nSPS) is 12.1. The molecule has 2 rings (SSSR count). The van der Waals surface area contributed by atoms with Gasteiger partial charge in [-0.3, -0.25) is 0 Å². The van der Waals surface area contributed by atoms with Gasteiger partial charge in [-0.2, -0.15) is 0 Å². The van der Waals surface area contributed by atoms with Crippen molar-refractivity contribution in [2.45, 2.75) is 4.28 Å². The fourth-order valence-corrected chi connectivity index (χ4v) is 3.74. The summed E-state index contributed by atoms with van der Waals surface area (Å²) in [5, 5.41) is 0. The van der Waals surface area contributed by atoms with E-state index in [-0.39, 0.29) is 20.7 Å². The molecule has 3 heteroatoms. The van der Waals surface area contributed by atoms with Gasteiger partial charge in [-0.25, -0.2) is 0 Å². The molecule has 0 bridgehead atoms. The summed E-state index contributed by atoms with van der Waals surface area (Å²) >= 11 is 6.15. The first-order chi connectivity index (χ1) is 8.27. The molecule has 86 valence electrons. The third-order valence-electron chi connectivity index (χ3n) is 2.25.